The average molecular weight is 533 g/mol. The van der Waals surface area contributed by atoms with Crippen LogP contribution in [-0.2, 0) is 45.3 Å². The summed E-state index contributed by atoms with van der Waals surface area (Å²) in [7, 11) is 0. The highest BCUT2D eigenvalue weighted by Gasteiger charge is 2.34. The molecule has 0 saturated heterocycles. The maximum Gasteiger partial charge on any atom is -0.0126 e. The molecular weight excluding hydrogens is 468 g/mol. The van der Waals surface area contributed by atoms with Gasteiger partial charge in [0.15, 0.2) is 0 Å². The van der Waals surface area contributed by atoms with Gasteiger partial charge in [0.2, 0.25) is 0 Å². The van der Waals surface area contributed by atoms with Gasteiger partial charge in [0, 0.05) is 0 Å². The highest BCUT2D eigenvalue weighted by Crippen LogP contribution is 2.43. The lowest BCUT2D eigenvalue weighted by atomic mass is 9.67. The van der Waals surface area contributed by atoms with E-state index in [1.807, 2.05) is 0 Å². The quantitative estimate of drug-likeness (QED) is 0.367. The second-order valence-electron chi connectivity index (χ2n) is 18.4. The van der Waals surface area contributed by atoms with Crippen molar-refractivity contribution < 1.29 is 0 Å². The fourth-order valence-corrected chi connectivity index (χ4v) is 6.37. The minimum atomic E-state index is 0.101. The fourth-order valence-electron chi connectivity index (χ4n) is 6.37. The van der Waals surface area contributed by atoms with Crippen molar-refractivity contribution >= 4 is 0 Å². The molecule has 0 atom stereocenters. The fraction of sp³-hybridized carbons (Fsp3) is 0.692. The van der Waals surface area contributed by atoms with Crippen molar-refractivity contribution in [3.8, 4) is 0 Å². The molecule has 0 radical (unpaired) electrons. The van der Waals surface area contributed by atoms with E-state index in [2.05, 4.69) is 149 Å². The monoisotopic (exact) mass is 533 g/mol. The summed E-state index contributed by atoms with van der Waals surface area (Å²) in [5.74, 6) is 0. The molecule has 220 valence electrons. The van der Waals surface area contributed by atoms with Gasteiger partial charge in [-0.3, -0.25) is 0 Å². The van der Waals surface area contributed by atoms with Gasteiger partial charge in [-0.05, 0) is 96.3 Å². The summed E-state index contributed by atoms with van der Waals surface area (Å²) in [6.45, 7) is 42.9. The Hall–Kier alpha value is -1.56. The van der Waals surface area contributed by atoms with Crippen LogP contribution in [-0.4, -0.2) is 0 Å². The van der Waals surface area contributed by atoms with Crippen molar-refractivity contribution in [3.05, 3.63) is 68.8 Å². The molecule has 2 aromatic carbocycles. The maximum atomic E-state index is 2.58. The molecule has 0 saturated carbocycles. The summed E-state index contributed by atoms with van der Waals surface area (Å²) in [4.78, 5) is 0. The summed E-state index contributed by atoms with van der Waals surface area (Å²) >= 11 is 0. The Labute approximate surface area is 244 Å². The Balaban J connectivity index is 2.65. The van der Waals surface area contributed by atoms with Crippen molar-refractivity contribution in [2.24, 2.45) is 0 Å². The van der Waals surface area contributed by atoms with Gasteiger partial charge in [-0.2, -0.15) is 0 Å². The lowest BCUT2D eigenvalue weighted by molar-refractivity contribution is 0.493. The molecule has 0 heterocycles. The van der Waals surface area contributed by atoms with Crippen LogP contribution in [0.25, 0.3) is 0 Å². The molecule has 0 aliphatic rings. The van der Waals surface area contributed by atoms with Crippen LogP contribution in [0.15, 0.2) is 24.3 Å². The number of benzene rings is 2. The van der Waals surface area contributed by atoms with Crippen LogP contribution in [0.3, 0.4) is 0 Å². The third-order valence-corrected chi connectivity index (χ3v) is 8.16. The number of hydrogen-bond acceptors (Lipinski definition) is 0. The Morgan fingerprint density at radius 2 is 0.744 bits per heavy atom. The first-order chi connectivity index (χ1) is 17.2. The topological polar surface area (TPSA) is 0 Å². The third kappa shape index (κ3) is 8.01. The Morgan fingerprint density at radius 1 is 0.359 bits per heavy atom. The summed E-state index contributed by atoms with van der Waals surface area (Å²) < 4.78 is 0. The largest absolute Gasteiger partial charge is 0.0584 e. The van der Waals surface area contributed by atoms with Crippen LogP contribution >= 0.6 is 0 Å². The first-order valence-electron chi connectivity index (χ1n) is 15.5. The number of hydrogen-bond donors (Lipinski definition) is 0. The van der Waals surface area contributed by atoms with E-state index >= 15 is 0 Å². The van der Waals surface area contributed by atoms with E-state index in [1.54, 1.807) is 22.3 Å². The van der Waals surface area contributed by atoms with Crippen LogP contribution in [0, 0.1) is 0 Å². The molecule has 0 aromatic heterocycles. The Bertz CT molecular complexity index is 1130. The van der Waals surface area contributed by atoms with E-state index in [0.29, 0.717) is 0 Å². The second kappa shape index (κ2) is 10.7. The van der Waals surface area contributed by atoms with E-state index in [1.165, 1.54) is 28.7 Å². The minimum absolute atomic E-state index is 0.101. The maximum absolute atomic E-state index is 2.58. The minimum Gasteiger partial charge on any atom is -0.0584 e. The molecule has 0 fully saturated rings. The molecule has 39 heavy (non-hydrogen) atoms. The van der Waals surface area contributed by atoms with Crippen molar-refractivity contribution in [1.82, 2.24) is 0 Å². The summed E-state index contributed by atoms with van der Waals surface area (Å²) in [5, 5.41) is 0. The average Bonchev–Trinajstić information content (AvgIpc) is 2.68. The lowest BCUT2D eigenvalue weighted by Crippen LogP contribution is -2.29. The molecule has 2 rings (SSSR count). The van der Waals surface area contributed by atoms with E-state index in [-0.39, 0.29) is 32.5 Å². The molecule has 0 nitrogen and oxygen atoms in total. The predicted octanol–water partition coefficient (Wildman–Crippen LogP) is 11.6. The van der Waals surface area contributed by atoms with Crippen molar-refractivity contribution in [3.63, 3.8) is 0 Å². The Kier molecular flexibility index (Phi) is 9.22. The molecule has 0 aliphatic heterocycles. The number of rotatable bonds is 4. The van der Waals surface area contributed by atoms with E-state index in [4.69, 9.17) is 0 Å². The first kappa shape index (κ1) is 33.6. The van der Waals surface area contributed by atoms with Gasteiger partial charge in [-0.15, -0.1) is 0 Å². The van der Waals surface area contributed by atoms with E-state index < -0.39 is 0 Å². The highest BCUT2D eigenvalue weighted by atomic mass is 14.4. The standard InChI is InChI=1S/C39H64/c1-34(2,3)28-23-22-26(32(38(13,14)15)33(28)39(16,17)18)20-19-21-27-24-30(36(7,8)9)31(37(10,11)12)25-29(27)35(4,5)6/h22-25H,19-21H2,1-18H3. The lowest BCUT2D eigenvalue weighted by Gasteiger charge is -2.38. The van der Waals surface area contributed by atoms with Gasteiger partial charge < -0.3 is 0 Å². The van der Waals surface area contributed by atoms with Crippen molar-refractivity contribution in [2.75, 3.05) is 0 Å². The molecule has 0 amide bonds. The van der Waals surface area contributed by atoms with Crippen molar-refractivity contribution in [1.29, 1.82) is 0 Å². The summed E-state index contributed by atoms with van der Waals surface area (Å²) in [5.41, 5.74) is 13.0. The van der Waals surface area contributed by atoms with E-state index in [9.17, 15) is 0 Å². The van der Waals surface area contributed by atoms with Crippen LogP contribution in [0.2, 0.25) is 0 Å². The zero-order chi connectivity index (χ0) is 30.6. The van der Waals surface area contributed by atoms with E-state index in [0.717, 1.165) is 12.8 Å². The van der Waals surface area contributed by atoms with Gasteiger partial charge >= 0.3 is 0 Å². The first-order valence-corrected chi connectivity index (χ1v) is 15.5. The van der Waals surface area contributed by atoms with Crippen LogP contribution in [0.4, 0.5) is 0 Å². The summed E-state index contributed by atoms with van der Waals surface area (Å²) in [6.07, 6.45) is 3.41. The predicted molar refractivity (Wildman–Crippen MR) is 177 cm³/mol. The normalized spacial score (nSPS) is 14.2. The molecule has 0 N–H and O–H groups in total. The zero-order valence-corrected chi connectivity index (χ0v) is 29.4. The zero-order valence-electron chi connectivity index (χ0n) is 29.4. The van der Waals surface area contributed by atoms with Gasteiger partial charge in [0.05, 0.1) is 0 Å². The second-order valence-corrected chi connectivity index (χ2v) is 18.4. The number of aryl methyl sites for hydroxylation is 2. The molecule has 0 spiro atoms. The smallest absolute Gasteiger partial charge is 0.0126 e. The van der Waals surface area contributed by atoms with Gasteiger partial charge in [0.25, 0.3) is 0 Å². The molecule has 2 aromatic rings. The summed E-state index contributed by atoms with van der Waals surface area (Å²) in [6, 6.07) is 10.0. The molecular formula is C39H64. The van der Waals surface area contributed by atoms with Crippen molar-refractivity contribution in [2.45, 2.75) is 176 Å². The molecule has 0 unspecified atom stereocenters. The van der Waals surface area contributed by atoms with Gasteiger partial charge in [-0.1, -0.05) is 149 Å². The Morgan fingerprint density at radius 3 is 1.13 bits per heavy atom. The van der Waals surface area contributed by atoms with Crippen LogP contribution in [0.5, 0.6) is 0 Å². The molecule has 0 bridgehead atoms. The highest BCUT2D eigenvalue weighted by molar-refractivity contribution is 5.51. The third-order valence-electron chi connectivity index (χ3n) is 8.16. The van der Waals surface area contributed by atoms with Gasteiger partial charge in [0.1, 0.15) is 0 Å². The van der Waals surface area contributed by atoms with Gasteiger partial charge in [-0.25, -0.2) is 0 Å². The van der Waals surface area contributed by atoms with Crippen LogP contribution < -0.4 is 0 Å². The SMILES string of the molecule is CC(C)(C)c1cc(C(C)(C)C)c(C(C)(C)C)cc1CCCc1ccc(C(C)(C)C)c(C(C)(C)C)c1C(C)(C)C. The molecule has 0 heteroatoms. The van der Waals surface area contributed by atoms with Crippen LogP contribution in [0.1, 0.15) is 176 Å². The molecule has 0 aliphatic carbocycles.